The van der Waals surface area contributed by atoms with Gasteiger partial charge in [0.1, 0.15) is 0 Å². The SMILES string of the molecule is Nc1ccc(/C=C/C(=O)C2CC2)cc1. The Morgan fingerprint density at radius 2 is 1.93 bits per heavy atom. The van der Waals surface area contributed by atoms with Crippen molar-refractivity contribution in [2.24, 2.45) is 5.92 Å². The third kappa shape index (κ3) is 2.22. The molecule has 2 nitrogen and oxygen atoms in total. The number of hydrogen-bond acceptors (Lipinski definition) is 2. The van der Waals surface area contributed by atoms with Crippen LogP contribution in [0.15, 0.2) is 30.3 Å². The molecule has 72 valence electrons. The molecule has 0 unspecified atom stereocenters. The van der Waals surface area contributed by atoms with Gasteiger partial charge < -0.3 is 5.73 Å². The summed E-state index contributed by atoms with van der Waals surface area (Å²) in [6.07, 6.45) is 5.64. The third-order valence-electron chi connectivity index (χ3n) is 2.36. The van der Waals surface area contributed by atoms with Crippen LogP contribution < -0.4 is 5.73 Å². The summed E-state index contributed by atoms with van der Waals surface area (Å²) in [5, 5.41) is 0. The molecule has 0 amide bonds. The Bertz CT molecular complexity index is 360. The highest BCUT2D eigenvalue weighted by Crippen LogP contribution is 2.30. The zero-order chi connectivity index (χ0) is 9.97. The van der Waals surface area contributed by atoms with E-state index in [-0.39, 0.29) is 5.78 Å². The first-order chi connectivity index (χ1) is 6.75. The van der Waals surface area contributed by atoms with Gasteiger partial charge in [-0.05, 0) is 36.6 Å². The summed E-state index contributed by atoms with van der Waals surface area (Å²) in [6, 6.07) is 7.49. The minimum Gasteiger partial charge on any atom is -0.399 e. The predicted octanol–water partition coefficient (Wildman–Crippen LogP) is 2.26. The van der Waals surface area contributed by atoms with E-state index < -0.39 is 0 Å². The number of allylic oxidation sites excluding steroid dienone is 1. The van der Waals surface area contributed by atoms with Crippen LogP contribution in [0, 0.1) is 5.92 Å². The van der Waals surface area contributed by atoms with Crippen molar-refractivity contribution >= 4 is 17.5 Å². The molecule has 2 N–H and O–H groups in total. The number of carbonyl (C=O) groups is 1. The lowest BCUT2D eigenvalue weighted by molar-refractivity contribution is -0.115. The van der Waals surface area contributed by atoms with Gasteiger partial charge >= 0.3 is 0 Å². The van der Waals surface area contributed by atoms with Crippen molar-refractivity contribution in [2.45, 2.75) is 12.8 Å². The fourth-order valence-corrected chi connectivity index (χ4v) is 1.29. The summed E-state index contributed by atoms with van der Waals surface area (Å²) >= 11 is 0. The van der Waals surface area contributed by atoms with Crippen LogP contribution >= 0.6 is 0 Å². The van der Waals surface area contributed by atoms with Crippen molar-refractivity contribution < 1.29 is 4.79 Å². The van der Waals surface area contributed by atoms with Gasteiger partial charge in [0.05, 0.1) is 0 Å². The van der Waals surface area contributed by atoms with Crippen LogP contribution in [0.4, 0.5) is 5.69 Å². The molecule has 0 radical (unpaired) electrons. The largest absolute Gasteiger partial charge is 0.399 e. The summed E-state index contributed by atoms with van der Waals surface area (Å²) < 4.78 is 0. The summed E-state index contributed by atoms with van der Waals surface area (Å²) in [5.41, 5.74) is 7.32. The fraction of sp³-hybridized carbons (Fsp3) is 0.250. The number of nitrogens with two attached hydrogens (primary N) is 1. The molecule has 1 aliphatic carbocycles. The van der Waals surface area contributed by atoms with Crippen molar-refractivity contribution in [2.75, 3.05) is 5.73 Å². The average molecular weight is 187 g/mol. The molecular weight excluding hydrogens is 174 g/mol. The van der Waals surface area contributed by atoms with E-state index in [1.807, 2.05) is 30.3 Å². The van der Waals surface area contributed by atoms with Gasteiger partial charge in [0.25, 0.3) is 0 Å². The topological polar surface area (TPSA) is 43.1 Å². The number of anilines is 1. The number of rotatable bonds is 3. The van der Waals surface area contributed by atoms with E-state index in [2.05, 4.69) is 0 Å². The van der Waals surface area contributed by atoms with E-state index in [1.54, 1.807) is 6.08 Å². The molecule has 0 heterocycles. The molecule has 2 rings (SSSR count). The van der Waals surface area contributed by atoms with Crippen LogP contribution in [0.25, 0.3) is 6.08 Å². The molecule has 0 saturated heterocycles. The molecule has 0 bridgehead atoms. The van der Waals surface area contributed by atoms with Gasteiger partial charge in [0.2, 0.25) is 0 Å². The summed E-state index contributed by atoms with van der Waals surface area (Å²) in [6.45, 7) is 0. The highest BCUT2D eigenvalue weighted by atomic mass is 16.1. The lowest BCUT2D eigenvalue weighted by Gasteiger charge is -1.94. The normalized spacial score (nSPS) is 16.0. The van der Waals surface area contributed by atoms with Crippen LogP contribution in [0.5, 0.6) is 0 Å². The van der Waals surface area contributed by atoms with Gasteiger partial charge in [0.15, 0.2) is 5.78 Å². The maximum absolute atomic E-state index is 11.3. The Hall–Kier alpha value is -1.57. The maximum atomic E-state index is 11.3. The highest BCUT2D eigenvalue weighted by molar-refractivity contribution is 5.96. The average Bonchev–Trinajstić information content (AvgIpc) is 3.00. The van der Waals surface area contributed by atoms with Gasteiger partial charge in [-0.15, -0.1) is 0 Å². The lowest BCUT2D eigenvalue weighted by Crippen LogP contribution is -1.93. The van der Waals surface area contributed by atoms with E-state index in [0.29, 0.717) is 5.92 Å². The standard InChI is InChI=1S/C12H13NO/c13-11-6-1-9(2-7-11)3-8-12(14)10-4-5-10/h1-3,6-8,10H,4-5,13H2/b8-3+. The zero-order valence-electron chi connectivity index (χ0n) is 7.94. The minimum absolute atomic E-state index is 0.252. The van der Waals surface area contributed by atoms with Crippen molar-refractivity contribution in [3.8, 4) is 0 Å². The Morgan fingerprint density at radius 1 is 1.29 bits per heavy atom. The first-order valence-electron chi connectivity index (χ1n) is 4.83. The van der Waals surface area contributed by atoms with Gasteiger partial charge in [-0.25, -0.2) is 0 Å². The Labute approximate surface area is 83.4 Å². The Kier molecular flexibility index (Phi) is 2.35. The Balaban J connectivity index is 2.02. The van der Waals surface area contributed by atoms with E-state index in [4.69, 9.17) is 5.73 Å². The number of ketones is 1. The zero-order valence-corrected chi connectivity index (χ0v) is 7.94. The van der Waals surface area contributed by atoms with Crippen LogP contribution in [0.2, 0.25) is 0 Å². The molecule has 2 heteroatoms. The number of carbonyl (C=O) groups excluding carboxylic acids is 1. The molecule has 1 aromatic carbocycles. The van der Waals surface area contributed by atoms with Crippen molar-refractivity contribution in [1.29, 1.82) is 0 Å². The lowest BCUT2D eigenvalue weighted by atomic mass is 10.1. The smallest absolute Gasteiger partial charge is 0.158 e. The molecule has 1 fully saturated rings. The van der Waals surface area contributed by atoms with E-state index in [9.17, 15) is 4.79 Å². The molecule has 0 aromatic heterocycles. The first kappa shape index (κ1) is 9.00. The van der Waals surface area contributed by atoms with E-state index in [1.165, 1.54) is 0 Å². The van der Waals surface area contributed by atoms with Gasteiger partial charge in [-0.1, -0.05) is 18.2 Å². The minimum atomic E-state index is 0.252. The first-order valence-corrected chi connectivity index (χ1v) is 4.83. The van der Waals surface area contributed by atoms with Gasteiger partial charge in [-0.2, -0.15) is 0 Å². The van der Waals surface area contributed by atoms with Crippen LogP contribution in [-0.4, -0.2) is 5.78 Å². The number of nitrogen functional groups attached to an aromatic ring is 1. The van der Waals surface area contributed by atoms with Crippen LogP contribution in [-0.2, 0) is 4.79 Å². The number of benzene rings is 1. The molecule has 0 spiro atoms. The Morgan fingerprint density at radius 3 is 2.50 bits per heavy atom. The molecule has 0 aliphatic heterocycles. The highest BCUT2D eigenvalue weighted by Gasteiger charge is 2.27. The molecular formula is C12H13NO. The molecule has 0 atom stereocenters. The van der Waals surface area contributed by atoms with Crippen LogP contribution in [0.1, 0.15) is 18.4 Å². The van der Waals surface area contributed by atoms with Gasteiger partial charge in [0, 0.05) is 11.6 Å². The van der Waals surface area contributed by atoms with E-state index in [0.717, 1.165) is 24.1 Å². The van der Waals surface area contributed by atoms with Crippen LogP contribution in [0.3, 0.4) is 0 Å². The molecule has 1 saturated carbocycles. The quantitative estimate of drug-likeness (QED) is 0.582. The summed E-state index contributed by atoms with van der Waals surface area (Å²) in [4.78, 5) is 11.3. The third-order valence-corrected chi connectivity index (χ3v) is 2.36. The predicted molar refractivity (Wildman–Crippen MR) is 57.6 cm³/mol. The van der Waals surface area contributed by atoms with Crippen molar-refractivity contribution in [3.05, 3.63) is 35.9 Å². The molecule has 14 heavy (non-hydrogen) atoms. The maximum Gasteiger partial charge on any atom is 0.158 e. The van der Waals surface area contributed by atoms with Crippen molar-refractivity contribution in [1.82, 2.24) is 0 Å². The van der Waals surface area contributed by atoms with E-state index >= 15 is 0 Å². The second kappa shape index (κ2) is 3.66. The second-order valence-electron chi connectivity index (χ2n) is 3.68. The fourth-order valence-electron chi connectivity index (χ4n) is 1.29. The molecule has 1 aliphatic rings. The summed E-state index contributed by atoms with van der Waals surface area (Å²) in [7, 11) is 0. The molecule has 1 aromatic rings. The second-order valence-corrected chi connectivity index (χ2v) is 3.68. The monoisotopic (exact) mass is 187 g/mol. The van der Waals surface area contributed by atoms with Crippen molar-refractivity contribution in [3.63, 3.8) is 0 Å². The summed E-state index contributed by atoms with van der Waals surface area (Å²) in [5.74, 6) is 0.557. The number of hydrogen-bond donors (Lipinski definition) is 1. The van der Waals surface area contributed by atoms with Gasteiger partial charge in [-0.3, -0.25) is 4.79 Å².